The van der Waals surface area contributed by atoms with Gasteiger partial charge in [0, 0.05) is 23.6 Å². The van der Waals surface area contributed by atoms with E-state index < -0.39 is 0 Å². The summed E-state index contributed by atoms with van der Waals surface area (Å²) in [5, 5.41) is 1.29. The lowest BCUT2D eigenvalue weighted by Crippen LogP contribution is -2.00. The summed E-state index contributed by atoms with van der Waals surface area (Å²) in [5.41, 5.74) is 9.27. The van der Waals surface area contributed by atoms with Crippen LogP contribution in [0.15, 0.2) is 54.7 Å². The average Bonchev–Trinajstić information content (AvgIpc) is 2.86. The first-order valence-corrected chi connectivity index (χ1v) is 7.29. The van der Waals surface area contributed by atoms with Gasteiger partial charge in [-0.15, -0.1) is 0 Å². The Morgan fingerprint density at radius 1 is 1.00 bits per heavy atom. The Kier molecular flexibility index (Phi) is 4.02. The molecule has 3 aromatic rings. The molecule has 1 aromatic heterocycles. The fourth-order valence-corrected chi connectivity index (χ4v) is 2.73. The lowest BCUT2D eigenvalue weighted by atomic mass is 10.1. The molecule has 2 nitrogen and oxygen atoms in total. The molecule has 0 saturated carbocycles. The first kappa shape index (κ1) is 13.8. The van der Waals surface area contributed by atoms with Gasteiger partial charge in [-0.1, -0.05) is 30.3 Å². The zero-order chi connectivity index (χ0) is 14.7. The van der Waals surface area contributed by atoms with Crippen LogP contribution in [-0.2, 0) is 13.0 Å². The molecule has 0 aliphatic rings. The molecule has 21 heavy (non-hydrogen) atoms. The van der Waals surface area contributed by atoms with Crippen molar-refractivity contribution < 1.29 is 4.39 Å². The van der Waals surface area contributed by atoms with Crippen molar-refractivity contribution in [3.05, 3.63) is 71.7 Å². The number of nitrogens with zero attached hydrogens (tertiary/aromatic N) is 1. The van der Waals surface area contributed by atoms with Crippen LogP contribution in [-0.4, -0.2) is 11.1 Å². The van der Waals surface area contributed by atoms with Gasteiger partial charge in [-0.3, -0.25) is 0 Å². The molecule has 0 aliphatic heterocycles. The standard InChI is InChI=1S/C18H19FN2/c19-16-9-7-14(8-10-16)12-21-13-15(4-3-11-20)17-5-1-2-6-18(17)21/h1-2,5-10,13H,3-4,11-12,20H2. The van der Waals surface area contributed by atoms with Gasteiger partial charge in [0.1, 0.15) is 5.82 Å². The van der Waals surface area contributed by atoms with E-state index in [1.807, 2.05) is 12.1 Å². The zero-order valence-corrected chi connectivity index (χ0v) is 11.9. The molecular formula is C18H19FN2. The van der Waals surface area contributed by atoms with Crippen LogP contribution in [0.3, 0.4) is 0 Å². The topological polar surface area (TPSA) is 30.9 Å². The van der Waals surface area contributed by atoms with Crippen LogP contribution < -0.4 is 5.73 Å². The molecular weight excluding hydrogens is 263 g/mol. The maximum absolute atomic E-state index is 13.0. The number of para-hydroxylation sites is 1. The molecule has 0 fully saturated rings. The van der Waals surface area contributed by atoms with Crippen LogP contribution in [0.1, 0.15) is 17.5 Å². The molecule has 0 spiro atoms. The van der Waals surface area contributed by atoms with Crippen LogP contribution >= 0.6 is 0 Å². The van der Waals surface area contributed by atoms with Crippen LogP contribution in [0.4, 0.5) is 4.39 Å². The van der Waals surface area contributed by atoms with E-state index in [1.165, 1.54) is 28.6 Å². The van der Waals surface area contributed by atoms with Crippen LogP contribution in [0.25, 0.3) is 10.9 Å². The van der Waals surface area contributed by atoms with E-state index >= 15 is 0 Å². The van der Waals surface area contributed by atoms with Crippen LogP contribution in [0, 0.1) is 5.82 Å². The minimum Gasteiger partial charge on any atom is -0.343 e. The third-order valence-corrected chi connectivity index (χ3v) is 3.79. The number of nitrogens with two attached hydrogens (primary N) is 1. The summed E-state index contributed by atoms with van der Waals surface area (Å²) in [5.74, 6) is -0.195. The SMILES string of the molecule is NCCCc1cn(Cc2ccc(F)cc2)c2ccccc12. The largest absolute Gasteiger partial charge is 0.343 e. The van der Waals surface area contributed by atoms with E-state index in [-0.39, 0.29) is 5.82 Å². The molecule has 0 atom stereocenters. The van der Waals surface area contributed by atoms with Crippen molar-refractivity contribution in [3.63, 3.8) is 0 Å². The summed E-state index contributed by atoms with van der Waals surface area (Å²) in [6, 6.07) is 15.1. The quantitative estimate of drug-likeness (QED) is 0.759. The number of aromatic nitrogens is 1. The first-order chi connectivity index (χ1) is 10.3. The van der Waals surface area contributed by atoms with E-state index in [1.54, 1.807) is 0 Å². The Balaban J connectivity index is 1.96. The van der Waals surface area contributed by atoms with E-state index in [2.05, 4.69) is 35.0 Å². The summed E-state index contributed by atoms with van der Waals surface area (Å²) in [6.45, 7) is 1.46. The number of fused-ring (bicyclic) bond motifs is 1. The highest BCUT2D eigenvalue weighted by atomic mass is 19.1. The summed E-state index contributed by atoms with van der Waals surface area (Å²) in [6.07, 6.45) is 4.18. The van der Waals surface area contributed by atoms with E-state index in [0.717, 1.165) is 24.9 Å². The lowest BCUT2D eigenvalue weighted by molar-refractivity contribution is 0.626. The fraction of sp³-hybridized carbons (Fsp3) is 0.222. The molecule has 2 aromatic carbocycles. The molecule has 0 amide bonds. The highest BCUT2D eigenvalue weighted by molar-refractivity contribution is 5.84. The minimum absolute atomic E-state index is 0.195. The molecule has 0 radical (unpaired) electrons. The van der Waals surface area contributed by atoms with Crippen LogP contribution in [0.5, 0.6) is 0 Å². The molecule has 1 heterocycles. The van der Waals surface area contributed by atoms with Crippen molar-refractivity contribution in [1.29, 1.82) is 0 Å². The number of halogens is 1. The van der Waals surface area contributed by atoms with E-state index in [0.29, 0.717) is 6.54 Å². The van der Waals surface area contributed by atoms with E-state index in [9.17, 15) is 4.39 Å². The second kappa shape index (κ2) is 6.10. The normalized spacial score (nSPS) is 11.1. The number of hydrogen-bond donors (Lipinski definition) is 1. The summed E-state index contributed by atoms with van der Waals surface area (Å²) >= 11 is 0. The van der Waals surface area contributed by atoms with Gasteiger partial charge >= 0.3 is 0 Å². The number of benzene rings is 2. The smallest absolute Gasteiger partial charge is 0.123 e. The Labute approximate surface area is 124 Å². The second-order valence-corrected chi connectivity index (χ2v) is 5.32. The van der Waals surface area contributed by atoms with Crippen molar-refractivity contribution >= 4 is 10.9 Å². The third kappa shape index (κ3) is 2.98. The molecule has 2 N–H and O–H groups in total. The Morgan fingerprint density at radius 3 is 2.52 bits per heavy atom. The lowest BCUT2D eigenvalue weighted by Gasteiger charge is -2.05. The van der Waals surface area contributed by atoms with Gasteiger partial charge in [-0.25, -0.2) is 4.39 Å². The highest BCUT2D eigenvalue weighted by Gasteiger charge is 2.08. The van der Waals surface area contributed by atoms with Gasteiger partial charge in [0.2, 0.25) is 0 Å². The molecule has 0 bridgehead atoms. The maximum atomic E-state index is 13.0. The summed E-state index contributed by atoms with van der Waals surface area (Å²) in [4.78, 5) is 0. The molecule has 3 rings (SSSR count). The zero-order valence-electron chi connectivity index (χ0n) is 11.9. The van der Waals surface area contributed by atoms with Crippen molar-refractivity contribution in [2.24, 2.45) is 5.73 Å². The van der Waals surface area contributed by atoms with E-state index in [4.69, 9.17) is 5.73 Å². The first-order valence-electron chi connectivity index (χ1n) is 7.29. The molecule has 0 saturated heterocycles. The molecule has 0 unspecified atom stereocenters. The van der Waals surface area contributed by atoms with Crippen molar-refractivity contribution in [2.75, 3.05) is 6.54 Å². The van der Waals surface area contributed by atoms with Gasteiger partial charge in [0.25, 0.3) is 0 Å². The Bertz CT molecular complexity index is 729. The predicted molar refractivity (Wildman–Crippen MR) is 84.8 cm³/mol. The summed E-state index contributed by atoms with van der Waals surface area (Å²) in [7, 11) is 0. The van der Waals surface area contributed by atoms with Gasteiger partial charge in [0.15, 0.2) is 0 Å². The maximum Gasteiger partial charge on any atom is 0.123 e. The Morgan fingerprint density at radius 2 is 1.76 bits per heavy atom. The molecule has 108 valence electrons. The minimum atomic E-state index is -0.195. The molecule has 3 heteroatoms. The monoisotopic (exact) mass is 282 g/mol. The second-order valence-electron chi connectivity index (χ2n) is 5.32. The van der Waals surface area contributed by atoms with Gasteiger partial charge in [-0.05, 0) is 48.7 Å². The van der Waals surface area contributed by atoms with Gasteiger partial charge in [-0.2, -0.15) is 0 Å². The average molecular weight is 282 g/mol. The van der Waals surface area contributed by atoms with Gasteiger partial charge < -0.3 is 10.3 Å². The number of rotatable bonds is 5. The van der Waals surface area contributed by atoms with Crippen LogP contribution in [0.2, 0.25) is 0 Å². The Hall–Kier alpha value is -2.13. The van der Waals surface area contributed by atoms with Crippen molar-refractivity contribution in [3.8, 4) is 0 Å². The number of hydrogen-bond acceptors (Lipinski definition) is 1. The van der Waals surface area contributed by atoms with Gasteiger partial charge in [0.05, 0.1) is 0 Å². The fourth-order valence-electron chi connectivity index (χ4n) is 2.73. The highest BCUT2D eigenvalue weighted by Crippen LogP contribution is 2.23. The summed E-state index contributed by atoms with van der Waals surface area (Å²) < 4.78 is 15.2. The van der Waals surface area contributed by atoms with Crippen molar-refractivity contribution in [2.45, 2.75) is 19.4 Å². The third-order valence-electron chi connectivity index (χ3n) is 3.79. The van der Waals surface area contributed by atoms with Crippen molar-refractivity contribution in [1.82, 2.24) is 4.57 Å². The molecule has 0 aliphatic carbocycles. The predicted octanol–water partition coefficient (Wildman–Crippen LogP) is 3.72. The number of aryl methyl sites for hydroxylation is 1.